The van der Waals surface area contributed by atoms with Crippen molar-refractivity contribution in [2.24, 2.45) is 0 Å². The molecule has 5 nitrogen and oxygen atoms in total. The molecule has 0 spiro atoms. The molecule has 0 atom stereocenters. The van der Waals surface area contributed by atoms with E-state index in [9.17, 15) is 9.59 Å². The van der Waals surface area contributed by atoms with E-state index in [1.165, 1.54) is 15.9 Å². The van der Waals surface area contributed by atoms with Crippen LogP contribution in [0.25, 0.3) is 0 Å². The Morgan fingerprint density at radius 3 is 1.45 bits per heavy atom. The van der Waals surface area contributed by atoms with Crippen LogP contribution in [0.4, 0.5) is 11.4 Å². The molecule has 0 radical (unpaired) electrons. The van der Waals surface area contributed by atoms with Crippen LogP contribution in [0.15, 0.2) is 140 Å². The molecule has 0 saturated heterocycles. The van der Waals surface area contributed by atoms with Gasteiger partial charge in [0, 0.05) is 11.1 Å². The molecule has 0 saturated carbocycles. The summed E-state index contributed by atoms with van der Waals surface area (Å²) in [4.78, 5) is 25.8. The first kappa shape index (κ1) is 26.9. The maximum Gasteiger partial charge on any atom is 0.255 e. The van der Waals surface area contributed by atoms with Crippen molar-refractivity contribution in [1.82, 2.24) is 5.32 Å². The molecule has 0 unspecified atom stereocenters. The fourth-order valence-corrected chi connectivity index (χ4v) is 9.06. The lowest BCUT2D eigenvalue weighted by Gasteiger charge is -2.27. The highest BCUT2D eigenvalue weighted by Gasteiger charge is 2.44. The van der Waals surface area contributed by atoms with Crippen LogP contribution in [0.2, 0.25) is 0 Å². The zero-order valence-corrected chi connectivity index (χ0v) is 22.9. The molecule has 0 aliphatic carbocycles. The predicted molar refractivity (Wildman–Crippen MR) is 168 cm³/mol. The van der Waals surface area contributed by atoms with Crippen molar-refractivity contribution < 1.29 is 9.59 Å². The number of nitrogens with one attached hydrogen (secondary N) is 2. The first-order chi connectivity index (χ1) is 19.6. The number of hydrogen-bond acceptors (Lipinski definition) is 3. The van der Waals surface area contributed by atoms with Gasteiger partial charge in [-0.15, -0.1) is 0 Å². The molecule has 40 heavy (non-hydrogen) atoms. The highest BCUT2D eigenvalue weighted by atomic mass is 31.2. The average molecular weight is 545 g/mol. The molecule has 0 heterocycles. The summed E-state index contributed by atoms with van der Waals surface area (Å²) in [5.74, 6) is -0.459. The number of carbonyl (C=O) groups excluding carboxylic acids is 2. The van der Waals surface area contributed by atoms with Crippen LogP contribution in [-0.2, 0) is 0 Å². The van der Waals surface area contributed by atoms with Crippen LogP contribution in [-0.4, -0.2) is 24.5 Å². The first-order valence-corrected chi connectivity index (χ1v) is 15.1. The third kappa shape index (κ3) is 5.80. The minimum atomic E-state index is -2.04. The molecule has 0 aromatic heterocycles. The van der Waals surface area contributed by atoms with Gasteiger partial charge in [-0.3, -0.25) is 9.59 Å². The van der Waals surface area contributed by atoms with Crippen LogP contribution >= 0.6 is 7.26 Å². The van der Waals surface area contributed by atoms with Gasteiger partial charge < -0.3 is 16.4 Å². The monoisotopic (exact) mass is 544 g/mol. The zero-order chi connectivity index (χ0) is 27.8. The quantitative estimate of drug-likeness (QED) is 0.175. The molecule has 0 bridgehead atoms. The highest BCUT2D eigenvalue weighted by molar-refractivity contribution is 7.95. The van der Waals surface area contributed by atoms with Gasteiger partial charge in [-0.2, -0.15) is 0 Å². The summed E-state index contributed by atoms with van der Waals surface area (Å²) in [5.41, 5.74) is 7.92. The minimum absolute atomic E-state index is 0.174. The standard InChI is InChI=1S/C34H30N3O2P/c35-31-18-10-11-19-32(31)37-34(39)27-22-20-26(21-23-27)33(38)36-24-25-40(28-12-4-1-5-13-28,29-14-6-2-7-15-29)30-16-8-3-9-17-30/h1-23H,24-25H2,(H3-,35,36,37,38,39)/p+1. The number of amides is 2. The van der Waals surface area contributed by atoms with Gasteiger partial charge in [0.2, 0.25) is 0 Å². The van der Waals surface area contributed by atoms with E-state index in [0.29, 0.717) is 29.0 Å². The minimum Gasteiger partial charge on any atom is -0.397 e. The molecule has 198 valence electrons. The number of rotatable bonds is 9. The molecule has 5 aromatic carbocycles. The van der Waals surface area contributed by atoms with Gasteiger partial charge in [-0.1, -0.05) is 66.7 Å². The number of nitrogens with two attached hydrogens (primary N) is 1. The molecule has 0 aliphatic rings. The van der Waals surface area contributed by atoms with Gasteiger partial charge in [-0.05, 0) is 72.8 Å². The second-order valence-electron chi connectivity index (χ2n) is 9.41. The summed E-state index contributed by atoms with van der Waals surface area (Å²) in [6, 6.07) is 45.5. The van der Waals surface area contributed by atoms with E-state index in [4.69, 9.17) is 5.73 Å². The Labute approximate surface area is 235 Å². The van der Waals surface area contributed by atoms with Gasteiger partial charge >= 0.3 is 0 Å². The van der Waals surface area contributed by atoms with Gasteiger partial charge in [0.15, 0.2) is 0 Å². The predicted octanol–water partition coefficient (Wildman–Crippen LogP) is 5.25. The number of carbonyl (C=O) groups is 2. The van der Waals surface area contributed by atoms with E-state index in [2.05, 4.69) is 83.4 Å². The van der Waals surface area contributed by atoms with E-state index in [0.717, 1.165) is 6.16 Å². The lowest BCUT2D eigenvalue weighted by atomic mass is 10.1. The zero-order valence-electron chi connectivity index (χ0n) is 22.0. The van der Waals surface area contributed by atoms with Gasteiger partial charge in [0.1, 0.15) is 23.2 Å². The fraction of sp³-hybridized carbons (Fsp3) is 0.0588. The van der Waals surface area contributed by atoms with E-state index in [-0.39, 0.29) is 11.8 Å². The summed E-state index contributed by atoms with van der Waals surface area (Å²) in [6.07, 6.45) is 0.774. The lowest BCUT2D eigenvalue weighted by molar-refractivity contribution is 0.0954. The number of hydrogen-bond donors (Lipinski definition) is 3. The Morgan fingerprint density at radius 2 is 0.975 bits per heavy atom. The van der Waals surface area contributed by atoms with Crippen LogP contribution < -0.4 is 32.3 Å². The average Bonchev–Trinajstić information content (AvgIpc) is 3.02. The number of benzene rings is 5. The Hall–Kier alpha value is -4.73. The maximum atomic E-state index is 13.1. The smallest absolute Gasteiger partial charge is 0.255 e. The van der Waals surface area contributed by atoms with Crippen LogP contribution in [0.3, 0.4) is 0 Å². The van der Waals surface area contributed by atoms with E-state index < -0.39 is 7.26 Å². The summed E-state index contributed by atoms with van der Waals surface area (Å²) in [6.45, 7) is 0.501. The lowest BCUT2D eigenvalue weighted by Crippen LogP contribution is -2.37. The van der Waals surface area contributed by atoms with Crippen LogP contribution in [0, 0.1) is 0 Å². The van der Waals surface area contributed by atoms with Crippen molar-refractivity contribution in [1.29, 1.82) is 0 Å². The van der Waals surface area contributed by atoms with E-state index in [1.807, 2.05) is 30.3 Å². The highest BCUT2D eigenvalue weighted by Crippen LogP contribution is 2.54. The molecule has 0 aliphatic heterocycles. The third-order valence-electron chi connectivity index (χ3n) is 6.94. The summed E-state index contributed by atoms with van der Waals surface area (Å²) in [7, 11) is -2.04. The fourth-order valence-electron chi connectivity index (χ4n) is 4.90. The largest absolute Gasteiger partial charge is 0.397 e. The molecule has 6 heteroatoms. The molecule has 5 rings (SSSR count). The van der Waals surface area contributed by atoms with E-state index >= 15 is 0 Å². The van der Waals surface area contributed by atoms with Crippen molar-refractivity contribution >= 4 is 46.4 Å². The number of para-hydroxylation sites is 2. The Bertz CT molecular complexity index is 1480. The normalized spacial score (nSPS) is 11.0. The number of anilines is 2. The summed E-state index contributed by atoms with van der Waals surface area (Å²) >= 11 is 0. The van der Waals surface area contributed by atoms with Crippen molar-refractivity contribution in [3.63, 3.8) is 0 Å². The van der Waals surface area contributed by atoms with Gasteiger partial charge in [0.25, 0.3) is 11.8 Å². The van der Waals surface area contributed by atoms with E-state index in [1.54, 1.807) is 36.4 Å². The second kappa shape index (κ2) is 12.4. The molecule has 4 N–H and O–H groups in total. The Balaban J connectivity index is 1.34. The van der Waals surface area contributed by atoms with Crippen LogP contribution in [0.1, 0.15) is 20.7 Å². The second-order valence-corrected chi connectivity index (χ2v) is 13.0. The van der Waals surface area contributed by atoms with Gasteiger partial charge in [0.05, 0.1) is 24.1 Å². The summed E-state index contributed by atoms with van der Waals surface area (Å²) < 4.78 is 0. The van der Waals surface area contributed by atoms with Crippen molar-refractivity contribution in [2.75, 3.05) is 23.8 Å². The van der Waals surface area contributed by atoms with Crippen molar-refractivity contribution in [3.05, 3.63) is 151 Å². The molecule has 5 aromatic rings. The molecular formula is C34H31N3O2P+. The number of nitrogen functional groups attached to an aromatic ring is 1. The Kier molecular flexibility index (Phi) is 8.34. The molecule has 2 amide bonds. The third-order valence-corrected chi connectivity index (χ3v) is 11.4. The summed E-state index contributed by atoms with van der Waals surface area (Å²) in [5, 5.41) is 9.77. The van der Waals surface area contributed by atoms with Crippen molar-refractivity contribution in [2.45, 2.75) is 0 Å². The van der Waals surface area contributed by atoms with Gasteiger partial charge in [-0.25, -0.2) is 0 Å². The Morgan fingerprint density at radius 1 is 0.550 bits per heavy atom. The molecule has 0 fully saturated rings. The van der Waals surface area contributed by atoms with Crippen molar-refractivity contribution in [3.8, 4) is 0 Å². The first-order valence-electron chi connectivity index (χ1n) is 13.2. The SMILES string of the molecule is Nc1ccccc1NC(=O)c1ccc(C(=O)NCC[P+](c2ccccc2)(c2ccccc2)c2ccccc2)cc1. The molecular weight excluding hydrogens is 513 g/mol. The van der Waals surface area contributed by atoms with Crippen LogP contribution in [0.5, 0.6) is 0 Å². The maximum absolute atomic E-state index is 13.1. The topological polar surface area (TPSA) is 84.2 Å².